The standard InChI is InChI=1S/C19H18Cl2N4/c1-13-22-12-18(23-13)19-24(16-6-2-14(20)3-7-16)10-11-25(19)17-8-4-15(21)5-9-17/h2-9,12,19H,10-11H2,1H3,(H,22,23). The molecular weight excluding hydrogens is 355 g/mol. The average Bonchev–Trinajstić information content (AvgIpc) is 3.22. The van der Waals surface area contributed by atoms with Crippen molar-refractivity contribution in [3.8, 4) is 0 Å². The largest absolute Gasteiger partial charge is 0.348 e. The summed E-state index contributed by atoms with van der Waals surface area (Å²) >= 11 is 12.1. The first kappa shape index (κ1) is 16.3. The van der Waals surface area contributed by atoms with Crippen molar-refractivity contribution in [3.05, 3.63) is 76.3 Å². The Hall–Kier alpha value is -2.17. The number of halogens is 2. The lowest BCUT2D eigenvalue weighted by atomic mass is 10.2. The number of aromatic nitrogens is 2. The Morgan fingerprint density at radius 3 is 1.76 bits per heavy atom. The number of rotatable bonds is 3. The first-order chi connectivity index (χ1) is 12.1. The lowest BCUT2D eigenvalue weighted by molar-refractivity contribution is 0.696. The lowest BCUT2D eigenvalue weighted by Gasteiger charge is -2.31. The SMILES string of the molecule is Cc1nc(C2N(c3ccc(Cl)cc3)CCN2c2ccc(Cl)cc2)c[nH]1. The summed E-state index contributed by atoms with van der Waals surface area (Å²) in [5, 5.41) is 1.48. The first-order valence-corrected chi connectivity index (χ1v) is 8.94. The van der Waals surface area contributed by atoms with E-state index in [1.807, 2.05) is 37.4 Å². The minimum absolute atomic E-state index is 0.0206. The maximum atomic E-state index is 6.06. The van der Waals surface area contributed by atoms with Gasteiger partial charge in [-0.15, -0.1) is 0 Å². The van der Waals surface area contributed by atoms with Crippen molar-refractivity contribution in [1.29, 1.82) is 0 Å². The van der Waals surface area contributed by atoms with Gasteiger partial charge < -0.3 is 14.8 Å². The van der Waals surface area contributed by atoms with Gasteiger partial charge in [-0.05, 0) is 55.5 Å². The van der Waals surface area contributed by atoms with Crippen molar-refractivity contribution in [2.24, 2.45) is 0 Å². The minimum atomic E-state index is 0.0206. The third-order valence-corrected chi connectivity index (χ3v) is 4.98. The van der Waals surface area contributed by atoms with Gasteiger partial charge in [-0.3, -0.25) is 0 Å². The van der Waals surface area contributed by atoms with E-state index >= 15 is 0 Å². The number of benzene rings is 2. The van der Waals surface area contributed by atoms with Gasteiger partial charge in [-0.2, -0.15) is 0 Å². The molecule has 128 valence electrons. The molecule has 4 rings (SSSR count). The number of anilines is 2. The van der Waals surface area contributed by atoms with Crippen LogP contribution in [0.3, 0.4) is 0 Å². The Bertz CT molecular complexity index is 804. The van der Waals surface area contributed by atoms with Gasteiger partial charge >= 0.3 is 0 Å². The molecule has 25 heavy (non-hydrogen) atoms. The zero-order chi connectivity index (χ0) is 17.4. The smallest absolute Gasteiger partial charge is 0.147 e. The maximum absolute atomic E-state index is 6.06. The average molecular weight is 373 g/mol. The first-order valence-electron chi connectivity index (χ1n) is 8.18. The van der Waals surface area contributed by atoms with Crippen LogP contribution in [0.15, 0.2) is 54.7 Å². The molecule has 0 atom stereocenters. The molecule has 3 aromatic rings. The molecule has 1 N–H and O–H groups in total. The van der Waals surface area contributed by atoms with Gasteiger partial charge in [0, 0.05) is 40.7 Å². The number of H-pyrrole nitrogens is 1. The number of aromatic amines is 1. The topological polar surface area (TPSA) is 35.2 Å². The van der Waals surface area contributed by atoms with E-state index < -0.39 is 0 Å². The van der Waals surface area contributed by atoms with E-state index in [9.17, 15) is 0 Å². The van der Waals surface area contributed by atoms with E-state index in [2.05, 4.69) is 44.0 Å². The Labute approximate surface area is 157 Å². The fourth-order valence-corrected chi connectivity index (χ4v) is 3.57. The summed E-state index contributed by atoms with van der Waals surface area (Å²) in [6.45, 7) is 3.78. The second kappa shape index (κ2) is 6.62. The van der Waals surface area contributed by atoms with Crippen LogP contribution in [0.25, 0.3) is 0 Å². The highest BCUT2D eigenvalue weighted by atomic mass is 35.5. The van der Waals surface area contributed by atoms with Crippen LogP contribution >= 0.6 is 23.2 Å². The molecule has 0 unspecified atom stereocenters. The van der Waals surface area contributed by atoms with Crippen molar-refractivity contribution in [2.45, 2.75) is 13.1 Å². The molecule has 1 fully saturated rings. The van der Waals surface area contributed by atoms with E-state index in [0.29, 0.717) is 0 Å². The van der Waals surface area contributed by atoms with Gasteiger partial charge in [0.05, 0.1) is 0 Å². The molecule has 1 aliphatic heterocycles. The minimum Gasteiger partial charge on any atom is -0.348 e. The molecule has 2 aromatic carbocycles. The molecule has 0 aliphatic carbocycles. The van der Waals surface area contributed by atoms with Gasteiger partial charge in [0.15, 0.2) is 0 Å². The fraction of sp³-hybridized carbons (Fsp3) is 0.211. The van der Waals surface area contributed by atoms with E-state index in [1.54, 1.807) is 0 Å². The summed E-state index contributed by atoms with van der Waals surface area (Å²) in [5.74, 6) is 0.911. The molecule has 2 heterocycles. The second-order valence-corrected chi connectivity index (χ2v) is 7.00. The molecule has 1 aliphatic rings. The number of imidazole rings is 1. The number of nitrogens with zero attached hydrogens (tertiary/aromatic N) is 3. The third-order valence-electron chi connectivity index (χ3n) is 4.48. The van der Waals surface area contributed by atoms with Gasteiger partial charge in [0.2, 0.25) is 0 Å². The Kier molecular flexibility index (Phi) is 4.32. The van der Waals surface area contributed by atoms with Crippen molar-refractivity contribution in [2.75, 3.05) is 22.9 Å². The lowest BCUT2D eigenvalue weighted by Crippen LogP contribution is -2.31. The van der Waals surface area contributed by atoms with Gasteiger partial charge in [-0.25, -0.2) is 4.98 Å². The second-order valence-electron chi connectivity index (χ2n) is 6.12. The highest BCUT2D eigenvalue weighted by Gasteiger charge is 2.35. The summed E-state index contributed by atoms with van der Waals surface area (Å²) in [4.78, 5) is 12.6. The molecule has 0 radical (unpaired) electrons. The van der Waals surface area contributed by atoms with Crippen molar-refractivity contribution in [1.82, 2.24) is 9.97 Å². The normalized spacial score (nSPS) is 15.2. The number of aryl methyl sites for hydroxylation is 1. The van der Waals surface area contributed by atoms with E-state index in [1.165, 1.54) is 0 Å². The number of nitrogens with one attached hydrogen (secondary N) is 1. The van der Waals surface area contributed by atoms with Crippen LogP contribution in [0, 0.1) is 6.92 Å². The molecular formula is C19H18Cl2N4. The van der Waals surface area contributed by atoms with E-state index in [4.69, 9.17) is 23.2 Å². The van der Waals surface area contributed by atoms with Gasteiger partial charge in [-0.1, -0.05) is 23.2 Å². The van der Waals surface area contributed by atoms with Crippen molar-refractivity contribution < 1.29 is 0 Å². The van der Waals surface area contributed by atoms with Crippen LogP contribution in [-0.2, 0) is 0 Å². The van der Waals surface area contributed by atoms with Crippen molar-refractivity contribution in [3.63, 3.8) is 0 Å². The monoisotopic (exact) mass is 372 g/mol. The van der Waals surface area contributed by atoms with Crippen LogP contribution in [0.1, 0.15) is 17.7 Å². The van der Waals surface area contributed by atoms with Crippen LogP contribution < -0.4 is 9.80 Å². The summed E-state index contributed by atoms with van der Waals surface area (Å²) in [5.41, 5.74) is 3.26. The molecule has 0 amide bonds. The Balaban J connectivity index is 1.74. The van der Waals surface area contributed by atoms with Crippen LogP contribution in [0.4, 0.5) is 11.4 Å². The predicted octanol–water partition coefficient (Wildman–Crippen LogP) is 5.05. The molecule has 6 heteroatoms. The van der Waals surface area contributed by atoms with E-state index in [-0.39, 0.29) is 6.17 Å². The highest BCUT2D eigenvalue weighted by Crippen LogP contribution is 2.37. The zero-order valence-corrected chi connectivity index (χ0v) is 15.3. The third kappa shape index (κ3) is 3.20. The zero-order valence-electron chi connectivity index (χ0n) is 13.8. The molecule has 0 bridgehead atoms. The highest BCUT2D eigenvalue weighted by molar-refractivity contribution is 6.30. The van der Waals surface area contributed by atoms with Crippen LogP contribution in [0.5, 0.6) is 0 Å². The quantitative estimate of drug-likeness (QED) is 0.698. The molecule has 1 saturated heterocycles. The molecule has 0 spiro atoms. The summed E-state index contributed by atoms with van der Waals surface area (Å²) in [7, 11) is 0. The maximum Gasteiger partial charge on any atom is 0.147 e. The summed E-state index contributed by atoms with van der Waals surface area (Å²) in [6.07, 6.45) is 2.00. The van der Waals surface area contributed by atoms with Gasteiger partial charge in [0.1, 0.15) is 17.7 Å². The van der Waals surface area contributed by atoms with Crippen molar-refractivity contribution >= 4 is 34.6 Å². The van der Waals surface area contributed by atoms with E-state index in [0.717, 1.165) is 46.0 Å². The Morgan fingerprint density at radius 1 is 0.880 bits per heavy atom. The summed E-state index contributed by atoms with van der Waals surface area (Å²) in [6, 6.07) is 15.9. The predicted molar refractivity (Wildman–Crippen MR) is 104 cm³/mol. The number of hydrogen-bond donors (Lipinski definition) is 1. The van der Waals surface area contributed by atoms with Crippen LogP contribution in [-0.4, -0.2) is 23.1 Å². The molecule has 4 nitrogen and oxygen atoms in total. The van der Waals surface area contributed by atoms with Gasteiger partial charge in [0.25, 0.3) is 0 Å². The fourth-order valence-electron chi connectivity index (χ4n) is 3.32. The number of hydrogen-bond acceptors (Lipinski definition) is 3. The molecule has 0 saturated carbocycles. The van der Waals surface area contributed by atoms with Crippen LogP contribution in [0.2, 0.25) is 10.0 Å². The Morgan fingerprint density at radius 2 is 1.36 bits per heavy atom. The molecule has 1 aromatic heterocycles. The summed E-state index contributed by atoms with van der Waals surface area (Å²) < 4.78 is 0.